The molecule has 1 saturated heterocycles. The van der Waals surface area contributed by atoms with E-state index in [2.05, 4.69) is 41.4 Å². The van der Waals surface area contributed by atoms with E-state index in [4.69, 9.17) is 4.52 Å². The standard InChI is InChI=1S/C17H21N3O2/c1-13-12-16(18-22-13)17(21)20-10-8-15(9-11-20)19(2)14-6-4-3-5-7-14/h3-7,12,15H,8-11H2,1-2H3. The Kier molecular flexibility index (Phi) is 4.13. The summed E-state index contributed by atoms with van der Waals surface area (Å²) >= 11 is 0. The maximum absolute atomic E-state index is 12.3. The molecule has 1 amide bonds. The molecule has 1 aliphatic rings. The van der Waals surface area contributed by atoms with Crippen molar-refractivity contribution >= 4 is 11.6 Å². The van der Waals surface area contributed by atoms with Gasteiger partial charge in [0.25, 0.3) is 5.91 Å². The molecule has 1 aliphatic heterocycles. The van der Waals surface area contributed by atoms with E-state index in [1.54, 1.807) is 13.0 Å². The highest BCUT2D eigenvalue weighted by Gasteiger charge is 2.27. The number of aromatic nitrogens is 1. The molecule has 1 fully saturated rings. The highest BCUT2D eigenvalue weighted by Crippen LogP contribution is 2.22. The molecule has 0 N–H and O–H groups in total. The van der Waals surface area contributed by atoms with Crippen molar-refractivity contribution in [1.82, 2.24) is 10.1 Å². The number of hydrogen-bond donors (Lipinski definition) is 0. The highest BCUT2D eigenvalue weighted by molar-refractivity contribution is 5.92. The highest BCUT2D eigenvalue weighted by atomic mass is 16.5. The lowest BCUT2D eigenvalue weighted by Gasteiger charge is -2.37. The normalized spacial score (nSPS) is 15.8. The van der Waals surface area contributed by atoms with Gasteiger partial charge in [0.1, 0.15) is 5.76 Å². The fourth-order valence-corrected chi connectivity index (χ4v) is 2.96. The summed E-state index contributed by atoms with van der Waals surface area (Å²) in [6, 6.07) is 12.5. The molecule has 1 aromatic carbocycles. The summed E-state index contributed by atoms with van der Waals surface area (Å²) in [5, 5.41) is 3.82. The second-order valence-corrected chi connectivity index (χ2v) is 5.79. The van der Waals surface area contributed by atoms with Gasteiger partial charge in [0.15, 0.2) is 5.69 Å². The van der Waals surface area contributed by atoms with Crippen LogP contribution < -0.4 is 4.90 Å². The molecule has 5 nitrogen and oxygen atoms in total. The first-order chi connectivity index (χ1) is 10.6. The predicted molar refractivity (Wildman–Crippen MR) is 85.0 cm³/mol. The molecule has 0 atom stereocenters. The van der Waals surface area contributed by atoms with Gasteiger partial charge in [-0.1, -0.05) is 23.4 Å². The van der Waals surface area contributed by atoms with Crippen LogP contribution in [0.25, 0.3) is 0 Å². The quantitative estimate of drug-likeness (QED) is 0.874. The van der Waals surface area contributed by atoms with Gasteiger partial charge in [-0.3, -0.25) is 4.79 Å². The number of para-hydroxylation sites is 1. The topological polar surface area (TPSA) is 49.6 Å². The Hall–Kier alpha value is -2.30. The van der Waals surface area contributed by atoms with Crippen LogP contribution in [-0.2, 0) is 0 Å². The molecule has 116 valence electrons. The van der Waals surface area contributed by atoms with Crippen molar-refractivity contribution in [2.75, 3.05) is 25.0 Å². The Morgan fingerprint density at radius 3 is 2.55 bits per heavy atom. The minimum Gasteiger partial charge on any atom is -0.371 e. The molecule has 5 heteroatoms. The van der Waals surface area contributed by atoms with E-state index in [0.29, 0.717) is 17.5 Å². The number of carbonyl (C=O) groups excluding carboxylic acids is 1. The van der Waals surface area contributed by atoms with Crippen molar-refractivity contribution < 1.29 is 9.32 Å². The third-order valence-electron chi connectivity index (χ3n) is 4.31. The first-order valence-electron chi connectivity index (χ1n) is 7.65. The van der Waals surface area contributed by atoms with Crippen molar-refractivity contribution in [3.8, 4) is 0 Å². The molecule has 1 aromatic heterocycles. The Morgan fingerprint density at radius 2 is 1.95 bits per heavy atom. The Morgan fingerprint density at radius 1 is 1.27 bits per heavy atom. The second kappa shape index (κ2) is 6.22. The molecule has 0 unspecified atom stereocenters. The zero-order valence-electron chi connectivity index (χ0n) is 13.0. The summed E-state index contributed by atoms with van der Waals surface area (Å²) in [7, 11) is 2.12. The van der Waals surface area contributed by atoms with E-state index in [-0.39, 0.29) is 5.91 Å². The van der Waals surface area contributed by atoms with Gasteiger partial charge in [-0.25, -0.2) is 0 Å². The van der Waals surface area contributed by atoms with Gasteiger partial charge in [-0.15, -0.1) is 0 Å². The first kappa shape index (κ1) is 14.6. The number of carbonyl (C=O) groups is 1. The molecule has 2 aromatic rings. The molecule has 0 bridgehead atoms. The summed E-state index contributed by atoms with van der Waals surface area (Å²) < 4.78 is 4.99. The average Bonchev–Trinajstić information content (AvgIpc) is 3.01. The monoisotopic (exact) mass is 299 g/mol. The molecular formula is C17H21N3O2. The number of amides is 1. The fourth-order valence-electron chi connectivity index (χ4n) is 2.96. The number of rotatable bonds is 3. The van der Waals surface area contributed by atoms with Crippen LogP contribution in [-0.4, -0.2) is 42.1 Å². The second-order valence-electron chi connectivity index (χ2n) is 5.79. The zero-order valence-corrected chi connectivity index (χ0v) is 13.0. The van der Waals surface area contributed by atoms with Crippen LogP contribution in [0.1, 0.15) is 29.1 Å². The SMILES string of the molecule is Cc1cc(C(=O)N2CCC(N(C)c3ccccc3)CC2)no1. The van der Waals surface area contributed by atoms with Gasteiger partial charge < -0.3 is 14.3 Å². The maximum Gasteiger partial charge on any atom is 0.276 e. The molecule has 0 saturated carbocycles. The van der Waals surface area contributed by atoms with Gasteiger partial charge in [-0.05, 0) is 31.9 Å². The van der Waals surface area contributed by atoms with Crippen LogP contribution in [0.15, 0.2) is 40.9 Å². The van der Waals surface area contributed by atoms with Gasteiger partial charge in [0, 0.05) is 37.9 Å². The molecule has 0 spiro atoms. The van der Waals surface area contributed by atoms with Crippen molar-refractivity contribution in [1.29, 1.82) is 0 Å². The van der Waals surface area contributed by atoms with Crippen LogP contribution in [0.3, 0.4) is 0 Å². The Labute approximate surface area is 130 Å². The number of benzene rings is 1. The van der Waals surface area contributed by atoms with Crippen LogP contribution in [0.2, 0.25) is 0 Å². The predicted octanol–water partition coefficient (Wildman–Crippen LogP) is 2.72. The van der Waals surface area contributed by atoms with E-state index < -0.39 is 0 Å². The summed E-state index contributed by atoms with van der Waals surface area (Å²) in [6.45, 7) is 3.31. The van der Waals surface area contributed by atoms with Crippen LogP contribution in [0.4, 0.5) is 5.69 Å². The lowest BCUT2D eigenvalue weighted by Crippen LogP contribution is -2.45. The molecule has 3 rings (SSSR count). The fraction of sp³-hybridized carbons (Fsp3) is 0.412. The molecule has 0 aliphatic carbocycles. The van der Waals surface area contributed by atoms with E-state index in [1.165, 1.54) is 5.69 Å². The number of anilines is 1. The molecular weight excluding hydrogens is 278 g/mol. The van der Waals surface area contributed by atoms with Crippen molar-refractivity contribution in [3.63, 3.8) is 0 Å². The van der Waals surface area contributed by atoms with Crippen LogP contribution in [0, 0.1) is 6.92 Å². The number of aryl methyl sites for hydroxylation is 1. The third-order valence-corrected chi connectivity index (χ3v) is 4.31. The number of likely N-dealkylation sites (tertiary alicyclic amines) is 1. The Balaban J connectivity index is 1.59. The first-order valence-corrected chi connectivity index (χ1v) is 7.65. The van der Waals surface area contributed by atoms with Crippen molar-refractivity contribution in [2.24, 2.45) is 0 Å². The Bertz CT molecular complexity index is 630. The lowest BCUT2D eigenvalue weighted by atomic mass is 10.0. The summed E-state index contributed by atoms with van der Waals surface area (Å²) in [5.74, 6) is 0.639. The van der Waals surface area contributed by atoms with Gasteiger partial charge in [-0.2, -0.15) is 0 Å². The van der Waals surface area contributed by atoms with E-state index in [0.717, 1.165) is 25.9 Å². The smallest absolute Gasteiger partial charge is 0.276 e. The summed E-state index contributed by atoms with van der Waals surface area (Å²) in [5.41, 5.74) is 1.63. The third kappa shape index (κ3) is 2.98. The van der Waals surface area contributed by atoms with Crippen LogP contribution >= 0.6 is 0 Å². The van der Waals surface area contributed by atoms with E-state index in [9.17, 15) is 4.79 Å². The minimum atomic E-state index is -0.0299. The number of nitrogens with zero attached hydrogens (tertiary/aromatic N) is 3. The minimum absolute atomic E-state index is 0.0299. The maximum atomic E-state index is 12.3. The summed E-state index contributed by atoms with van der Waals surface area (Å²) in [4.78, 5) is 16.5. The largest absolute Gasteiger partial charge is 0.371 e. The molecule has 2 heterocycles. The molecule has 22 heavy (non-hydrogen) atoms. The number of hydrogen-bond acceptors (Lipinski definition) is 4. The number of piperidine rings is 1. The van der Waals surface area contributed by atoms with Gasteiger partial charge in [0.05, 0.1) is 0 Å². The zero-order chi connectivity index (χ0) is 15.5. The summed E-state index contributed by atoms with van der Waals surface area (Å²) in [6.07, 6.45) is 1.93. The van der Waals surface area contributed by atoms with Crippen molar-refractivity contribution in [2.45, 2.75) is 25.8 Å². The lowest BCUT2D eigenvalue weighted by molar-refractivity contribution is 0.0703. The van der Waals surface area contributed by atoms with E-state index in [1.807, 2.05) is 11.0 Å². The van der Waals surface area contributed by atoms with Gasteiger partial charge >= 0.3 is 0 Å². The van der Waals surface area contributed by atoms with Crippen molar-refractivity contribution in [3.05, 3.63) is 47.9 Å². The van der Waals surface area contributed by atoms with Gasteiger partial charge in [0.2, 0.25) is 0 Å². The van der Waals surface area contributed by atoms with Crippen LogP contribution in [0.5, 0.6) is 0 Å². The van der Waals surface area contributed by atoms with E-state index >= 15 is 0 Å². The molecule has 0 radical (unpaired) electrons. The average molecular weight is 299 g/mol.